The number of carbonyl (C=O) groups excluding carboxylic acids is 1. The van der Waals surface area contributed by atoms with E-state index in [4.69, 9.17) is 17.3 Å². The summed E-state index contributed by atoms with van der Waals surface area (Å²) in [6.45, 7) is 4.71. The number of amides is 1. The zero-order chi connectivity index (χ0) is 13.5. The van der Waals surface area contributed by atoms with Crippen molar-refractivity contribution < 1.29 is 4.79 Å². The van der Waals surface area contributed by atoms with Crippen molar-refractivity contribution in [2.75, 3.05) is 6.54 Å². The monoisotopic (exact) mass is 304 g/mol. The highest BCUT2D eigenvalue weighted by Gasteiger charge is 2.12. The maximum atomic E-state index is 11.8. The van der Waals surface area contributed by atoms with Gasteiger partial charge in [0.15, 0.2) is 0 Å². The van der Waals surface area contributed by atoms with Gasteiger partial charge in [0.1, 0.15) is 0 Å². The Morgan fingerprint density at radius 1 is 1.32 bits per heavy atom. The highest BCUT2D eigenvalue weighted by molar-refractivity contribution is 6.30. The van der Waals surface area contributed by atoms with Crippen LogP contribution in [0, 0.1) is 5.92 Å². The molecule has 0 bridgehead atoms. The van der Waals surface area contributed by atoms with Crippen LogP contribution in [0.15, 0.2) is 24.3 Å². The number of hydrogen-bond acceptors (Lipinski definition) is 2. The maximum Gasteiger partial charge on any atom is 0.224 e. The summed E-state index contributed by atoms with van der Waals surface area (Å²) in [5, 5.41) is 3.64. The quantitative estimate of drug-likeness (QED) is 0.849. The molecule has 108 valence electrons. The number of hydrogen-bond donors (Lipinski definition) is 2. The fraction of sp³-hybridized carbons (Fsp3) is 0.500. The van der Waals surface area contributed by atoms with Crippen LogP contribution in [-0.2, 0) is 11.2 Å². The van der Waals surface area contributed by atoms with E-state index in [2.05, 4.69) is 19.2 Å². The van der Waals surface area contributed by atoms with Gasteiger partial charge in [-0.15, -0.1) is 12.4 Å². The second-order valence-electron chi connectivity index (χ2n) is 4.93. The van der Waals surface area contributed by atoms with Gasteiger partial charge in [0.05, 0.1) is 6.42 Å². The molecule has 1 aromatic carbocycles. The maximum absolute atomic E-state index is 11.8. The molecule has 3 N–H and O–H groups in total. The molecule has 1 amide bonds. The number of rotatable bonds is 6. The lowest BCUT2D eigenvalue weighted by atomic mass is 10.0. The molecule has 1 rings (SSSR count). The molecule has 0 aliphatic heterocycles. The van der Waals surface area contributed by atoms with Crippen molar-refractivity contribution in [3.63, 3.8) is 0 Å². The van der Waals surface area contributed by atoms with Crippen LogP contribution in [-0.4, -0.2) is 18.5 Å². The molecule has 1 unspecified atom stereocenters. The minimum Gasteiger partial charge on any atom is -0.352 e. The fourth-order valence-corrected chi connectivity index (χ4v) is 1.98. The van der Waals surface area contributed by atoms with Crippen molar-refractivity contribution in [3.8, 4) is 0 Å². The summed E-state index contributed by atoms with van der Waals surface area (Å²) >= 11 is 5.80. The Bertz CT molecular complexity index is 380. The van der Waals surface area contributed by atoms with E-state index in [1.54, 1.807) is 12.1 Å². The number of benzene rings is 1. The van der Waals surface area contributed by atoms with Crippen molar-refractivity contribution in [1.82, 2.24) is 5.32 Å². The van der Waals surface area contributed by atoms with Crippen LogP contribution in [0.5, 0.6) is 0 Å². The van der Waals surface area contributed by atoms with Gasteiger partial charge in [0, 0.05) is 17.6 Å². The smallest absolute Gasteiger partial charge is 0.224 e. The van der Waals surface area contributed by atoms with E-state index in [9.17, 15) is 4.79 Å². The summed E-state index contributed by atoms with van der Waals surface area (Å²) < 4.78 is 0. The first-order chi connectivity index (χ1) is 8.51. The van der Waals surface area contributed by atoms with Crippen LogP contribution in [0.3, 0.4) is 0 Å². The lowest BCUT2D eigenvalue weighted by Gasteiger charge is -2.18. The Kier molecular flexibility index (Phi) is 8.81. The number of halogens is 2. The number of nitrogens with one attached hydrogen (secondary N) is 1. The minimum absolute atomic E-state index is 0. The van der Waals surface area contributed by atoms with Crippen molar-refractivity contribution in [2.24, 2.45) is 11.7 Å². The molecular weight excluding hydrogens is 283 g/mol. The molecule has 0 fully saturated rings. The highest BCUT2D eigenvalue weighted by atomic mass is 35.5. The van der Waals surface area contributed by atoms with Gasteiger partial charge < -0.3 is 11.1 Å². The summed E-state index contributed by atoms with van der Waals surface area (Å²) in [6.07, 6.45) is 1.27. The zero-order valence-electron chi connectivity index (χ0n) is 11.4. The predicted molar refractivity (Wildman–Crippen MR) is 82.8 cm³/mol. The van der Waals surface area contributed by atoms with Gasteiger partial charge >= 0.3 is 0 Å². The molecule has 19 heavy (non-hydrogen) atoms. The van der Waals surface area contributed by atoms with E-state index < -0.39 is 0 Å². The first-order valence-corrected chi connectivity index (χ1v) is 6.63. The molecule has 0 saturated carbocycles. The first-order valence-electron chi connectivity index (χ1n) is 6.25. The zero-order valence-corrected chi connectivity index (χ0v) is 12.9. The lowest BCUT2D eigenvalue weighted by molar-refractivity contribution is -0.121. The van der Waals surface area contributed by atoms with Crippen LogP contribution in [0.25, 0.3) is 0 Å². The Balaban J connectivity index is 0.00000324. The van der Waals surface area contributed by atoms with Crippen molar-refractivity contribution >= 4 is 29.9 Å². The molecule has 0 spiro atoms. The highest BCUT2D eigenvalue weighted by Crippen LogP contribution is 2.10. The molecule has 0 aromatic heterocycles. The van der Waals surface area contributed by atoms with Crippen LogP contribution in [0.2, 0.25) is 5.02 Å². The van der Waals surface area contributed by atoms with Gasteiger partial charge in [-0.05, 0) is 30.0 Å². The fourth-order valence-electron chi connectivity index (χ4n) is 1.85. The SMILES string of the molecule is CC(C)CC(CN)NC(=O)Cc1ccc(Cl)cc1.Cl. The van der Waals surface area contributed by atoms with Gasteiger partial charge in [-0.2, -0.15) is 0 Å². The number of carbonyl (C=O) groups is 1. The molecule has 5 heteroatoms. The van der Waals surface area contributed by atoms with Crippen molar-refractivity contribution in [3.05, 3.63) is 34.9 Å². The third-order valence-electron chi connectivity index (χ3n) is 2.68. The second kappa shape index (κ2) is 9.18. The molecule has 0 saturated heterocycles. The van der Waals surface area contributed by atoms with E-state index in [1.165, 1.54) is 0 Å². The Morgan fingerprint density at radius 3 is 2.37 bits per heavy atom. The molecule has 0 aliphatic rings. The third-order valence-corrected chi connectivity index (χ3v) is 2.94. The van der Waals surface area contributed by atoms with Crippen LogP contribution in [0.1, 0.15) is 25.8 Å². The average molecular weight is 305 g/mol. The molecular formula is C14H22Cl2N2O. The Morgan fingerprint density at radius 2 is 1.89 bits per heavy atom. The van der Waals surface area contributed by atoms with Crippen LogP contribution in [0.4, 0.5) is 0 Å². The van der Waals surface area contributed by atoms with Crippen LogP contribution >= 0.6 is 24.0 Å². The third kappa shape index (κ3) is 7.41. The Labute approximate surface area is 126 Å². The molecule has 0 aliphatic carbocycles. The van der Waals surface area contributed by atoms with Gasteiger partial charge in [-0.1, -0.05) is 37.6 Å². The van der Waals surface area contributed by atoms with E-state index in [0.717, 1.165) is 12.0 Å². The normalized spacial score (nSPS) is 11.8. The lowest BCUT2D eigenvalue weighted by Crippen LogP contribution is -2.41. The summed E-state index contributed by atoms with van der Waals surface area (Å²) in [5.74, 6) is 0.530. The number of nitrogens with two attached hydrogens (primary N) is 1. The van der Waals surface area contributed by atoms with Gasteiger partial charge in [0.2, 0.25) is 5.91 Å². The Hall–Kier alpha value is -0.770. The van der Waals surface area contributed by atoms with E-state index in [-0.39, 0.29) is 24.4 Å². The van der Waals surface area contributed by atoms with Crippen LogP contribution < -0.4 is 11.1 Å². The standard InChI is InChI=1S/C14H21ClN2O.ClH/c1-10(2)7-13(9-16)17-14(18)8-11-3-5-12(15)6-4-11;/h3-6,10,13H,7-9,16H2,1-2H3,(H,17,18);1H. The van der Waals surface area contributed by atoms with Crippen molar-refractivity contribution in [2.45, 2.75) is 32.7 Å². The largest absolute Gasteiger partial charge is 0.352 e. The van der Waals surface area contributed by atoms with Gasteiger partial charge in [0.25, 0.3) is 0 Å². The molecule has 1 atom stereocenters. The van der Waals surface area contributed by atoms with E-state index in [0.29, 0.717) is 23.9 Å². The molecule has 3 nitrogen and oxygen atoms in total. The molecule has 0 heterocycles. The average Bonchev–Trinajstić information content (AvgIpc) is 2.30. The summed E-state index contributed by atoms with van der Waals surface area (Å²) in [7, 11) is 0. The summed E-state index contributed by atoms with van der Waals surface area (Å²) in [6, 6.07) is 7.37. The first kappa shape index (κ1) is 18.2. The van der Waals surface area contributed by atoms with E-state index in [1.807, 2.05) is 12.1 Å². The predicted octanol–water partition coefficient (Wildman–Crippen LogP) is 2.79. The summed E-state index contributed by atoms with van der Waals surface area (Å²) in [5.41, 5.74) is 6.61. The second-order valence-corrected chi connectivity index (χ2v) is 5.37. The topological polar surface area (TPSA) is 55.1 Å². The molecule has 1 aromatic rings. The molecule has 0 radical (unpaired) electrons. The minimum atomic E-state index is 0. The van der Waals surface area contributed by atoms with Gasteiger partial charge in [-0.25, -0.2) is 0 Å². The van der Waals surface area contributed by atoms with Crippen molar-refractivity contribution in [1.29, 1.82) is 0 Å². The summed E-state index contributed by atoms with van der Waals surface area (Å²) in [4.78, 5) is 11.8. The van der Waals surface area contributed by atoms with Gasteiger partial charge in [-0.3, -0.25) is 4.79 Å². The van der Waals surface area contributed by atoms with E-state index >= 15 is 0 Å².